The molecule has 11 heteroatoms. The number of methoxy groups -OCH3 is 1. The molecular formula is C25H33N3O8. The predicted octanol–water partition coefficient (Wildman–Crippen LogP) is 1.09. The van der Waals surface area contributed by atoms with Gasteiger partial charge in [-0.2, -0.15) is 0 Å². The van der Waals surface area contributed by atoms with Crippen LogP contribution in [0, 0.1) is 11.8 Å². The second kappa shape index (κ2) is 13.4. The van der Waals surface area contributed by atoms with Crippen LogP contribution in [0.15, 0.2) is 39.5 Å². The molecule has 2 aromatic rings. The van der Waals surface area contributed by atoms with Crippen LogP contribution in [0.3, 0.4) is 0 Å². The van der Waals surface area contributed by atoms with Crippen molar-refractivity contribution < 1.29 is 33.4 Å². The number of benzene rings is 1. The van der Waals surface area contributed by atoms with E-state index < -0.39 is 30.5 Å². The van der Waals surface area contributed by atoms with Gasteiger partial charge in [-0.25, -0.2) is 4.79 Å². The van der Waals surface area contributed by atoms with Gasteiger partial charge >= 0.3 is 11.6 Å². The van der Waals surface area contributed by atoms with Gasteiger partial charge in [0.15, 0.2) is 0 Å². The number of Topliss-reactive ketones (excluding diaryl/α,β-unsaturated/α-hetero) is 1. The minimum Gasteiger partial charge on any atom is -0.497 e. The third kappa shape index (κ3) is 8.81. The number of ketones is 1. The van der Waals surface area contributed by atoms with E-state index in [1.54, 1.807) is 19.2 Å². The van der Waals surface area contributed by atoms with Gasteiger partial charge in [0.25, 0.3) is 0 Å². The number of nitrogens with one attached hydrogen (secondary N) is 3. The standard InChI is InChI=1S/C15H25N3O5.C10H8O3/c1-8(2)4-12(14(22)17-7-13(20)21)18-15(23)11-5-10(6-16-11)9(3)19;1-12-8-4-2-7-3-5-10(11)13-9(7)6-8/h8,10-12,16H,4-7H2,1-3H3,(H,17,22)(H,18,23)(H,20,21);2-6H,1H3/t10?,11-,12-;/m0./s1. The van der Waals surface area contributed by atoms with Crippen molar-refractivity contribution in [3.8, 4) is 5.75 Å². The lowest BCUT2D eigenvalue weighted by Crippen LogP contribution is -2.52. The van der Waals surface area contributed by atoms with Crippen LogP contribution in [0.4, 0.5) is 0 Å². The molecule has 1 aliphatic rings. The summed E-state index contributed by atoms with van der Waals surface area (Å²) < 4.78 is 9.97. The van der Waals surface area contributed by atoms with E-state index in [0.717, 1.165) is 5.39 Å². The van der Waals surface area contributed by atoms with Gasteiger partial charge in [-0.15, -0.1) is 0 Å². The molecule has 2 heterocycles. The molecule has 1 saturated heterocycles. The average Bonchev–Trinajstić information content (AvgIpc) is 3.32. The molecule has 0 saturated carbocycles. The monoisotopic (exact) mass is 503 g/mol. The van der Waals surface area contributed by atoms with E-state index in [-0.39, 0.29) is 29.2 Å². The third-order valence-electron chi connectivity index (χ3n) is 5.61. The molecule has 2 amide bonds. The quantitative estimate of drug-likeness (QED) is 0.367. The van der Waals surface area contributed by atoms with E-state index >= 15 is 0 Å². The van der Waals surface area contributed by atoms with Gasteiger partial charge in [0.05, 0.1) is 13.2 Å². The number of carboxylic acid groups (broad SMARTS) is 1. The fourth-order valence-electron chi connectivity index (χ4n) is 3.67. The number of carbonyl (C=O) groups excluding carboxylic acids is 3. The lowest BCUT2D eigenvalue weighted by atomic mass is 10.00. The largest absolute Gasteiger partial charge is 0.497 e. The maximum Gasteiger partial charge on any atom is 0.336 e. The molecule has 4 N–H and O–H groups in total. The summed E-state index contributed by atoms with van der Waals surface area (Å²) in [4.78, 5) is 57.1. The van der Waals surface area contributed by atoms with Gasteiger partial charge in [-0.3, -0.25) is 19.2 Å². The lowest BCUT2D eigenvalue weighted by molar-refractivity contribution is -0.138. The fraction of sp³-hybridized carbons (Fsp3) is 0.480. The zero-order valence-electron chi connectivity index (χ0n) is 20.8. The number of hydrogen-bond donors (Lipinski definition) is 4. The van der Waals surface area contributed by atoms with Crippen LogP contribution in [0.1, 0.15) is 33.6 Å². The summed E-state index contributed by atoms with van der Waals surface area (Å²) in [7, 11) is 1.57. The molecule has 3 rings (SSSR count). The first-order valence-electron chi connectivity index (χ1n) is 11.6. The molecule has 1 aromatic heterocycles. The second-order valence-corrected chi connectivity index (χ2v) is 8.96. The Labute approximate surface area is 208 Å². The topological polar surface area (TPSA) is 164 Å². The zero-order chi connectivity index (χ0) is 26.8. The molecule has 3 atom stereocenters. The normalized spacial score (nSPS) is 17.6. The number of fused-ring (bicyclic) bond motifs is 1. The number of carboxylic acids is 1. The van der Waals surface area contributed by atoms with Crippen molar-refractivity contribution in [2.24, 2.45) is 11.8 Å². The summed E-state index contributed by atoms with van der Waals surface area (Å²) >= 11 is 0. The first-order valence-corrected chi connectivity index (χ1v) is 11.6. The van der Waals surface area contributed by atoms with Crippen LogP contribution in [-0.4, -0.2) is 61.0 Å². The highest BCUT2D eigenvalue weighted by atomic mass is 16.5. The number of hydrogen-bond acceptors (Lipinski definition) is 8. The fourth-order valence-corrected chi connectivity index (χ4v) is 3.67. The smallest absolute Gasteiger partial charge is 0.336 e. The van der Waals surface area contributed by atoms with Gasteiger partial charge in [0.2, 0.25) is 11.8 Å². The summed E-state index contributed by atoms with van der Waals surface area (Å²) in [5.74, 6) is -1.32. The van der Waals surface area contributed by atoms with Crippen molar-refractivity contribution in [2.45, 2.75) is 45.7 Å². The molecule has 36 heavy (non-hydrogen) atoms. The van der Waals surface area contributed by atoms with E-state index in [4.69, 9.17) is 14.3 Å². The molecule has 1 fully saturated rings. The molecule has 0 aliphatic carbocycles. The van der Waals surface area contributed by atoms with Crippen molar-refractivity contribution in [2.75, 3.05) is 20.2 Å². The number of ether oxygens (including phenoxy) is 1. The van der Waals surface area contributed by atoms with E-state index in [0.29, 0.717) is 30.7 Å². The average molecular weight is 504 g/mol. The van der Waals surface area contributed by atoms with Crippen LogP contribution >= 0.6 is 0 Å². The summed E-state index contributed by atoms with van der Waals surface area (Å²) in [6, 6.07) is 7.18. The zero-order valence-corrected chi connectivity index (χ0v) is 20.8. The Balaban J connectivity index is 0.000000293. The van der Waals surface area contributed by atoms with Crippen molar-refractivity contribution in [3.05, 3.63) is 40.8 Å². The Hall–Kier alpha value is -3.73. The van der Waals surface area contributed by atoms with Crippen LogP contribution in [0.2, 0.25) is 0 Å². The molecule has 0 radical (unpaired) electrons. The van der Waals surface area contributed by atoms with Crippen LogP contribution < -0.4 is 26.3 Å². The van der Waals surface area contributed by atoms with E-state index in [1.807, 2.05) is 26.0 Å². The van der Waals surface area contributed by atoms with Gasteiger partial charge in [-0.1, -0.05) is 13.8 Å². The Bertz CT molecular complexity index is 1140. The minimum absolute atomic E-state index is 0.0331. The molecule has 1 aliphatic heterocycles. The first kappa shape index (κ1) is 28.5. The molecule has 0 bridgehead atoms. The highest BCUT2D eigenvalue weighted by Gasteiger charge is 2.33. The van der Waals surface area contributed by atoms with Crippen LogP contribution in [0.25, 0.3) is 11.0 Å². The van der Waals surface area contributed by atoms with Gasteiger partial charge in [0.1, 0.15) is 29.7 Å². The van der Waals surface area contributed by atoms with Crippen molar-refractivity contribution in [1.82, 2.24) is 16.0 Å². The number of aliphatic carboxylic acids is 1. The van der Waals surface area contributed by atoms with Crippen LogP contribution in [-0.2, 0) is 19.2 Å². The van der Waals surface area contributed by atoms with E-state index in [2.05, 4.69) is 16.0 Å². The Morgan fingerprint density at radius 1 is 1.19 bits per heavy atom. The van der Waals surface area contributed by atoms with Gasteiger partial charge < -0.3 is 30.2 Å². The SMILES string of the molecule is CC(=O)C1CN[C@H](C(=O)N[C@@H](CC(C)C)C(=O)NCC(=O)O)C1.COc1ccc2ccc(=O)oc2c1. The Morgan fingerprint density at radius 3 is 2.47 bits per heavy atom. The van der Waals surface area contributed by atoms with Crippen molar-refractivity contribution in [1.29, 1.82) is 0 Å². The maximum atomic E-state index is 12.3. The Kier molecular flexibility index (Phi) is 10.6. The highest BCUT2D eigenvalue weighted by molar-refractivity contribution is 5.91. The molecule has 1 unspecified atom stereocenters. The molecule has 0 spiro atoms. The van der Waals surface area contributed by atoms with Crippen molar-refractivity contribution >= 4 is 34.5 Å². The lowest BCUT2D eigenvalue weighted by Gasteiger charge is -2.21. The third-order valence-corrected chi connectivity index (χ3v) is 5.61. The Morgan fingerprint density at radius 2 is 1.89 bits per heavy atom. The summed E-state index contributed by atoms with van der Waals surface area (Å²) in [5, 5.41) is 17.4. The maximum absolute atomic E-state index is 12.3. The minimum atomic E-state index is -1.14. The predicted molar refractivity (Wildman–Crippen MR) is 132 cm³/mol. The number of carbonyl (C=O) groups is 4. The highest BCUT2D eigenvalue weighted by Crippen LogP contribution is 2.18. The molecule has 1 aromatic carbocycles. The molecule has 196 valence electrons. The molecule has 11 nitrogen and oxygen atoms in total. The number of rotatable bonds is 9. The van der Waals surface area contributed by atoms with Gasteiger partial charge in [0, 0.05) is 30.0 Å². The summed E-state index contributed by atoms with van der Waals surface area (Å²) in [6.45, 7) is 5.27. The number of amides is 2. The van der Waals surface area contributed by atoms with Crippen LogP contribution in [0.5, 0.6) is 5.75 Å². The molecular weight excluding hydrogens is 470 g/mol. The summed E-state index contributed by atoms with van der Waals surface area (Å²) in [6.07, 6.45) is 0.812. The van der Waals surface area contributed by atoms with Gasteiger partial charge in [-0.05, 0) is 43.9 Å². The van der Waals surface area contributed by atoms with Crippen molar-refractivity contribution in [3.63, 3.8) is 0 Å². The van der Waals surface area contributed by atoms with E-state index in [9.17, 15) is 24.0 Å². The van der Waals surface area contributed by atoms with E-state index in [1.165, 1.54) is 13.0 Å². The summed E-state index contributed by atoms with van der Waals surface area (Å²) in [5.41, 5.74) is 0.201. The first-order chi connectivity index (χ1) is 17.0. The second-order valence-electron chi connectivity index (χ2n) is 8.96.